The van der Waals surface area contributed by atoms with Crippen molar-refractivity contribution in [3.63, 3.8) is 0 Å². The highest BCUT2D eigenvalue weighted by Crippen LogP contribution is 2.24. The molecule has 0 spiro atoms. The zero-order chi connectivity index (χ0) is 15.3. The topological polar surface area (TPSA) is 18.5 Å². The van der Waals surface area contributed by atoms with Crippen LogP contribution in [0.2, 0.25) is 0 Å². The first-order valence-corrected chi connectivity index (χ1v) is 8.17. The van der Waals surface area contributed by atoms with Crippen LogP contribution in [0.25, 0.3) is 0 Å². The molecule has 0 bridgehead atoms. The van der Waals surface area contributed by atoms with Crippen molar-refractivity contribution in [2.45, 2.75) is 56.8 Å². The Morgan fingerprint density at radius 2 is 1.86 bits per heavy atom. The van der Waals surface area contributed by atoms with Crippen molar-refractivity contribution in [3.8, 4) is 0 Å². The second kappa shape index (κ2) is 7.79. The minimum Gasteiger partial charge on any atom is -0.317 e. The molecule has 124 valence electrons. The second-order valence-corrected chi connectivity index (χ2v) is 6.49. The van der Waals surface area contributed by atoms with Gasteiger partial charge in [-0.25, -0.2) is 0 Å². The molecule has 0 aromatic rings. The van der Waals surface area contributed by atoms with E-state index in [4.69, 9.17) is 0 Å². The van der Waals surface area contributed by atoms with E-state index in [9.17, 15) is 13.2 Å². The smallest absolute Gasteiger partial charge is 0.317 e. The third-order valence-electron chi connectivity index (χ3n) is 4.88. The molecule has 2 rings (SSSR count). The van der Waals surface area contributed by atoms with Gasteiger partial charge in [-0.3, -0.25) is 4.90 Å². The lowest BCUT2D eigenvalue weighted by atomic mass is 9.98. The maximum absolute atomic E-state index is 12.8. The van der Waals surface area contributed by atoms with Crippen molar-refractivity contribution in [2.24, 2.45) is 0 Å². The fourth-order valence-electron chi connectivity index (χ4n) is 3.62. The van der Waals surface area contributed by atoms with E-state index in [1.807, 2.05) is 0 Å². The Hall–Kier alpha value is -0.330. The molecule has 2 fully saturated rings. The lowest BCUT2D eigenvalue weighted by Gasteiger charge is -2.38. The number of hydrogen-bond acceptors (Lipinski definition) is 3. The molecule has 0 amide bonds. The highest BCUT2D eigenvalue weighted by atomic mass is 19.4. The van der Waals surface area contributed by atoms with Gasteiger partial charge in [0, 0.05) is 18.6 Å². The van der Waals surface area contributed by atoms with E-state index in [-0.39, 0.29) is 6.04 Å². The van der Waals surface area contributed by atoms with Gasteiger partial charge in [0.2, 0.25) is 0 Å². The van der Waals surface area contributed by atoms with Crippen LogP contribution in [-0.2, 0) is 0 Å². The van der Waals surface area contributed by atoms with E-state index in [0.29, 0.717) is 12.6 Å². The second-order valence-electron chi connectivity index (χ2n) is 6.49. The quantitative estimate of drug-likeness (QED) is 0.842. The lowest BCUT2D eigenvalue weighted by molar-refractivity contribution is -0.152. The molecule has 6 heteroatoms. The maximum Gasteiger partial charge on any atom is 0.401 e. The molecule has 0 aromatic carbocycles. The molecule has 2 aliphatic heterocycles. The summed E-state index contributed by atoms with van der Waals surface area (Å²) in [5.41, 5.74) is 0. The molecule has 21 heavy (non-hydrogen) atoms. The van der Waals surface area contributed by atoms with Crippen LogP contribution in [-0.4, -0.2) is 67.8 Å². The Labute approximate surface area is 125 Å². The van der Waals surface area contributed by atoms with Crippen LogP contribution in [0.15, 0.2) is 0 Å². The first-order chi connectivity index (χ1) is 9.96. The highest BCUT2D eigenvalue weighted by Gasteiger charge is 2.34. The molecule has 2 saturated heterocycles. The normalized spacial score (nSPS) is 26.4. The summed E-state index contributed by atoms with van der Waals surface area (Å²) < 4.78 is 38.5. The summed E-state index contributed by atoms with van der Waals surface area (Å²) in [6, 6.07) is 0.540. The minimum absolute atomic E-state index is 0.0850. The van der Waals surface area contributed by atoms with Gasteiger partial charge in [-0.05, 0) is 58.8 Å². The van der Waals surface area contributed by atoms with Crippen LogP contribution in [0.5, 0.6) is 0 Å². The molecule has 2 heterocycles. The fourth-order valence-corrected chi connectivity index (χ4v) is 3.62. The van der Waals surface area contributed by atoms with Crippen molar-refractivity contribution in [1.29, 1.82) is 0 Å². The van der Waals surface area contributed by atoms with Gasteiger partial charge < -0.3 is 10.2 Å². The summed E-state index contributed by atoms with van der Waals surface area (Å²) >= 11 is 0. The Bertz CT molecular complexity index is 303. The summed E-state index contributed by atoms with van der Waals surface area (Å²) in [4.78, 5) is 4.00. The number of piperidine rings is 2. The standard InChI is InChI=1S/C15H28F3N3/c1-20-10-3-2-4-13(20)7-11-21(12-15(16,17)18)14-5-8-19-9-6-14/h13-14,19H,2-12H2,1H3. The van der Waals surface area contributed by atoms with Crippen LogP contribution >= 0.6 is 0 Å². The van der Waals surface area contributed by atoms with Gasteiger partial charge in [0.25, 0.3) is 0 Å². The van der Waals surface area contributed by atoms with Gasteiger partial charge in [0.15, 0.2) is 0 Å². The zero-order valence-corrected chi connectivity index (χ0v) is 13.0. The summed E-state index contributed by atoms with van der Waals surface area (Å²) in [6.45, 7) is 2.56. The van der Waals surface area contributed by atoms with E-state index in [1.165, 1.54) is 12.8 Å². The molecule has 2 aliphatic rings. The Morgan fingerprint density at radius 3 is 2.48 bits per heavy atom. The fraction of sp³-hybridized carbons (Fsp3) is 1.00. The van der Waals surface area contributed by atoms with E-state index in [2.05, 4.69) is 17.3 Å². The van der Waals surface area contributed by atoms with Crippen molar-refractivity contribution in [1.82, 2.24) is 15.1 Å². The summed E-state index contributed by atoms with van der Waals surface area (Å²) in [6.07, 6.45) is 1.98. The third-order valence-corrected chi connectivity index (χ3v) is 4.88. The highest BCUT2D eigenvalue weighted by molar-refractivity contribution is 4.82. The first kappa shape index (κ1) is 17.0. The van der Waals surface area contributed by atoms with Gasteiger partial charge >= 0.3 is 6.18 Å². The first-order valence-electron chi connectivity index (χ1n) is 8.17. The average molecular weight is 307 g/mol. The lowest BCUT2D eigenvalue weighted by Crippen LogP contribution is -2.48. The summed E-state index contributed by atoms with van der Waals surface area (Å²) in [5, 5.41) is 3.23. The summed E-state index contributed by atoms with van der Waals surface area (Å²) in [7, 11) is 2.10. The van der Waals surface area contributed by atoms with E-state index in [1.54, 1.807) is 4.90 Å². The molecule has 1 unspecified atom stereocenters. The van der Waals surface area contributed by atoms with Crippen LogP contribution in [0.1, 0.15) is 38.5 Å². The third kappa shape index (κ3) is 5.75. The Kier molecular flexibility index (Phi) is 6.32. The molecule has 0 radical (unpaired) electrons. The van der Waals surface area contributed by atoms with Gasteiger partial charge in [-0.15, -0.1) is 0 Å². The Balaban J connectivity index is 1.88. The van der Waals surface area contributed by atoms with Gasteiger partial charge in [-0.2, -0.15) is 13.2 Å². The molecular formula is C15H28F3N3. The number of nitrogens with zero attached hydrogens (tertiary/aromatic N) is 2. The van der Waals surface area contributed by atoms with Crippen LogP contribution in [0, 0.1) is 0 Å². The predicted molar refractivity (Wildman–Crippen MR) is 78.4 cm³/mol. The maximum atomic E-state index is 12.8. The predicted octanol–water partition coefficient (Wildman–Crippen LogP) is 2.48. The zero-order valence-electron chi connectivity index (χ0n) is 13.0. The molecule has 0 saturated carbocycles. The van der Waals surface area contributed by atoms with Gasteiger partial charge in [0.1, 0.15) is 0 Å². The van der Waals surface area contributed by atoms with Crippen LogP contribution in [0.3, 0.4) is 0 Å². The van der Waals surface area contributed by atoms with Crippen molar-refractivity contribution >= 4 is 0 Å². The number of nitrogens with one attached hydrogen (secondary N) is 1. The number of alkyl halides is 3. The SMILES string of the molecule is CN1CCCCC1CCN(CC(F)(F)F)C1CCNCC1. The van der Waals surface area contributed by atoms with Gasteiger partial charge in [0.05, 0.1) is 6.54 Å². The van der Waals surface area contributed by atoms with Crippen molar-refractivity contribution in [2.75, 3.05) is 39.8 Å². The number of likely N-dealkylation sites (tertiary alicyclic amines) is 1. The molecular weight excluding hydrogens is 279 g/mol. The van der Waals surface area contributed by atoms with E-state index in [0.717, 1.165) is 45.3 Å². The summed E-state index contributed by atoms with van der Waals surface area (Å²) in [5.74, 6) is 0. The number of hydrogen-bond donors (Lipinski definition) is 1. The molecule has 0 aliphatic carbocycles. The largest absolute Gasteiger partial charge is 0.401 e. The number of halogens is 3. The molecule has 3 nitrogen and oxygen atoms in total. The van der Waals surface area contributed by atoms with E-state index < -0.39 is 12.7 Å². The number of rotatable bonds is 5. The monoisotopic (exact) mass is 307 g/mol. The van der Waals surface area contributed by atoms with Crippen molar-refractivity contribution in [3.05, 3.63) is 0 Å². The van der Waals surface area contributed by atoms with Crippen LogP contribution in [0.4, 0.5) is 13.2 Å². The van der Waals surface area contributed by atoms with Crippen LogP contribution < -0.4 is 5.32 Å². The van der Waals surface area contributed by atoms with Gasteiger partial charge in [-0.1, -0.05) is 6.42 Å². The molecule has 0 aromatic heterocycles. The van der Waals surface area contributed by atoms with E-state index >= 15 is 0 Å². The Morgan fingerprint density at radius 1 is 1.14 bits per heavy atom. The minimum atomic E-state index is -4.09. The van der Waals surface area contributed by atoms with Crippen molar-refractivity contribution < 1.29 is 13.2 Å². The molecule has 1 N–H and O–H groups in total. The average Bonchev–Trinajstić information content (AvgIpc) is 2.45. The molecule has 1 atom stereocenters.